The summed E-state index contributed by atoms with van der Waals surface area (Å²) in [6, 6.07) is 0.504. The second kappa shape index (κ2) is 4.49. The maximum Gasteiger partial charge on any atom is 0.317 e. The molecule has 2 rings (SSSR count). The molecule has 4 nitrogen and oxygen atoms in total. The molecule has 0 aromatic rings. The van der Waals surface area contributed by atoms with Crippen LogP contribution in [0.1, 0.15) is 19.8 Å². The molecule has 2 bridgehead atoms. The van der Waals surface area contributed by atoms with E-state index in [1.807, 2.05) is 0 Å². The second-order valence-electron chi connectivity index (χ2n) is 4.66. The molecule has 2 aliphatic rings. The summed E-state index contributed by atoms with van der Waals surface area (Å²) in [4.78, 5) is 15.4. The minimum Gasteiger partial charge on any atom is -0.480 e. The second-order valence-corrected chi connectivity index (χ2v) is 4.66. The summed E-state index contributed by atoms with van der Waals surface area (Å²) in [6.45, 7) is 6.67. The maximum atomic E-state index is 10.8. The van der Waals surface area contributed by atoms with Gasteiger partial charge in [-0.2, -0.15) is 0 Å². The highest BCUT2D eigenvalue weighted by Gasteiger charge is 2.37. The molecular weight excluding hydrogens is 192 g/mol. The first-order valence-electron chi connectivity index (χ1n) is 5.89. The topological polar surface area (TPSA) is 43.8 Å². The van der Waals surface area contributed by atoms with Crippen LogP contribution < -0.4 is 0 Å². The fourth-order valence-electron chi connectivity index (χ4n) is 3.05. The molecule has 0 aromatic carbocycles. The van der Waals surface area contributed by atoms with E-state index < -0.39 is 5.97 Å². The van der Waals surface area contributed by atoms with Gasteiger partial charge in [-0.15, -0.1) is 0 Å². The number of piperidine rings is 1. The molecule has 0 saturated carbocycles. The van der Waals surface area contributed by atoms with E-state index in [1.165, 1.54) is 19.5 Å². The summed E-state index contributed by atoms with van der Waals surface area (Å²) < 4.78 is 0. The van der Waals surface area contributed by atoms with Gasteiger partial charge in [0, 0.05) is 12.6 Å². The van der Waals surface area contributed by atoms with Crippen molar-refractivity contribution in [2.24, 2.45) is 5.92 Å². The summed E-state index contributed by atoms with van der Waals surface area (Å²) >= 11 is 0. The molecule has 3 unspecified atom stereocenters. The van der Waals surface area contributed by atoms with Gasteiger partial charge in [0.1, 0.15) is 0 Å². The molecule has 15 heavy (non-hydrogen) atoms. The van der Waals surface area contributed by atoms with Gasteiger partial charge in [0.2, 0.25) is 0 Å². The first-order valence-corrected chi connectivity index (χ1v) is 5.89. The maximum absolute atomic E-state index is 10.8. The van der Waals surface area contributed by atoms with E-state index in [2.05, 4.69) is 16.7 Å². The van der Waals surface area contributed by atoms with Crippen LogP contribution in [0.5, 0.6) is 0 Å². The number of likely N-dealkylation sites (N-methyl/N-ethyl adjacent to an activating group) is 1. The third-order valence-electron chi connectivity index (χ3n) is 3.81. The van der Waals surface area contributed by atoms with Crippen LogP contribution in [0, 0.1) is 5.92 Å². The van der Waals surface area contributed by atoms with Crippen LogP contribution in [0.25, 0.3) is 0 Å². The van der Waals surface area contributed by atoms with Gasteiger partial charge in [-0.05, 0) is 38.4 Å². The Labute approximate surface area is 90.9 Å². The van der Waals surface area contributed by atoms with Crippen LogP contribution in [0.3, 0.4) is 0 Å². The highest BCUT2D eigenvalue weighted by molar-refractivity contribution is 5.69. The van der Waals surface area contributed by atoms with Gasteiger partial charge in [0.05, 0.1) is 6.54 Å². The molecule has 86 valence electrons. The molecule has 2 fully saturated rings. The van der Waals surface area contributed by atoms with Gasteiger partial charge in [-0.3, -0.25) is 9.69 Å². The van der Waals surface area contributed by atoms with E-state index in [1.54, 1.807) is 0 Å². The fraction of sp³-hybridized carbons (Fsp3) is 0.909. The lowest BCUT2D eigenvalue weighted by Crippen LogP contribution is -2.48. The van der Waals surface area contributed by atoms with Crippen molar-refractivity contribution < 1.29 is 9.90 Å². The van der Waals surface area contributed by atoms with E-state index >= 15 is 0 Å². The zero-order valence-electron chi connectivity index (χ0n) is 9.35. The Balaban J connectivity index is 1.97. The number of carboxylic acids is 1. The van der Waals surface area contributed by atoms with Crippen molar-refractivity contribution in [3.63, 3.8) is 0 Å². The van der Waals surface area contributed by atoms with Gasteiger partial charge in [0.15, 0.2) is 0 Å². The van der Waals surface area contributed by atoms with Crippen molar-refractivity contribution in [2.45, 2.75) is 25.8 Å². The first-order chi connectivity index (χ1) is 7.20. The van der Waals surface area contributed by atoms with Crippen LogP contribution in [0.15, 0.2) is 0 Å². The number of nitrogens with zero attached hydrogens (tertiary/aromatic N) is 2. The number of hydrogen-bond donors (Lipinski definition) is 1. The van der Waals surface area contributed by atoms with Crippen molar-refractivity contribution in [3.8, 4) is 0 Å². The Bertz CT molecular complexity index is 245. The number of aliphatic carboxylic acids is 1. The van der Waals surface area contributed by atoms with Crippen LogP contribution in [-0.2, 0) is 4.79 Å². The summed E-state index contributed by atoms with van der Waals surface area (Å²) in [6.07, 6.45) is 2.40. The number of rotatable bonds is 4. The van der Waals surface area contributed by atoms with Crippen molar-refractivity contribution in [2.75, 3.05) is 32.7 Å². The summed E-state index contributed by atoms with van der Waals surface area (Å²) in [5, 5.41) is 8.86. The predicted octanol–water partition coefficient (Wildman–Crippen LogP) is 0.487. The van der Waals surface area contributed by atoms with Gasteiger partial charge in [-0.1, -0.05) is 6.92 Å². The molecule has 2 saturated heterocycles. The molecular formula is C11H20N2O2. The highest BCUT2D eigenvalue weighted by atomic mass is 16.4. The Morgan fingerprint density at radius 2 is 2.20 bits per heavy atom. The lowest BCUT2D eigenvalue weighted by Gasteiger charge is -2.37. The van der Waals surface area contributed by atoms with Gasteiger partial charge >= 0.3 is 5.97 Å². The average molecular weight is 212 g/mol. The molecule has 1 N–H and O–H groups in total. The fourth-order valence-corrected chi connectivity index (χ4v) is 3.05. The average Bonchev–Trinajstić information content (AvgIpc) is 2.58. The molecule has 0 aromatic heterocycles. The molecule has 2 aliphatic heterocycles. The number of carbonyl (C=O) groups is 1. The molecule has 3 atom stereocenters. The van der Waals surface area contributed by atoms with Crippen molar-refractivity contribution in [3.05, 3.63) is 0 Å². The zero-order valence-corrected chi connectivity index (χ0v) is 9.35. The normalized spacial score (nSPS) is 34.7. The zero-order chi connectivity index (χ0) is 10.8. The van der Waals surface area contributed by atoms with E-state index in [-0.39, 0.29) is 6.54 Å². The number of fused-ring (bicyclic) bond motifs is 2. The van der Waals surface area contributed by atoms with Crippen molar-refractivity contribution in [1.82, 2.24) is 9.80 Å². The van der Waals surface area contributed by atoms with Gasteiger partial charge in [-0.25, -0.2) is 0 Å². The van der Waals surface area contributed by atoms with Crippen LogP contribution in [-0.4, -0.2) is 59.6 Å². The van der Waals surface area contributed by atoms with Gasteiger partial charge in [0.25, 0.3) is 0 Å². The Morgan fingerprint density at radius 3 is 2.87 bits per heavy atom. The quantitative estimate of drug-likeness (QED) is 0.736. The minimum atomic E-state index is -0.697. The standard InChI is InChI=1S/C11H20N2O2/c1-2-13(8-11(14)15)10-4-6-12-5-3-9(10)7-12/h9-10H,2-8H2,1H3,(H,14,15). The summed E-state index contributed by atoms with van der Waals surface area (Å²) in [5.74, 6) is 0.00956. The number of carboxylic acid groups (broad SMARTS) is 1. The SMILES string of the molecule is CCN(CC(=O)O)C1CCN2CCC1C2. The number of hydrogen-bond acceptors (Lipinski definition) is 3. The minimum absolute atomic E-state index is 0.206. The van der Waals surface area contributed by atoms with Crippen LogP contribution in [0.2, 0.25) is 0 Å². The van der Waals surface area contributed by atoms with Crippen molar-refractivity contribution >= 4 is 5.97 Å². The third kappa shape index (κ3) is 2.32. The van der Waals surface area contributed by atoms with Crippen LogP contribution in [0.4, 0.5) is 0 Å². The van der Waals surface area contributed by atoms with Gasteiger partial charge < -0.3 is 10.0 Å². The molecule has 0 radical (unpaired) electrons. The molecule has 0 spiro atoms. The molecule has 0 aliphatic carbocycles. The largest absolute Gasteiger partial charge is 0.480 e. The predicted molar refractivity (Wildman–Crippen MR) is 57.8 cm³/mol. The lowest BCUT2D eigenvalue weighted by atomic mass is 9.92. The molecule has 2 heterocycles. The summed E-state index contributed by atoms with van der Waals surface area (Å²) in [5.41, 5.74) is 0. The van der Waals surface area contributed by atoms with Crippen LogP contribution >= 0.6 is 0 Å². The third-order valence-corrected chi connectivity index (χ3v) is 3.81. The molecule has 4 heteroatoms. The Kier molecular flexibility index (Phi) is 3.26. The summed E-state index contributed by atoms with van der Waals surface area (Å²) in [7, 11) is 0. The smallest absolute Gasteiger partial charge is 0.317 e. The van der Waals surface area contributed by atoms with E-state index in [0.717, 1.165) is 19.5 Å². The Morgan fingerprint density at radius 1 is 1.47 bits per heavy atom. The Hall–Kier alpha value is -0.610. The van der Waals surface area contributed by atoms with Crippen molar-refractivity contribution in [1.29, 1.82) is 0 Å². The first kappa shape index (κ1) is 10.9. The highest BCUT2D eigenvalue weighted by Crippen LogP contribution is 2.30. The lowest BCUT2D eigenvalue weighted by molar-refractivity contribution is -0.139. The van der Waals surface area contributed by atoms with E-state index in [4.69, 9.17) is 5.11 Å². The van der Waals surface area contributed by atoms with E-state index in [0.29, 0.717) is 12.0 Å². The monoisotopic (exact) mass is 212 g/mol. The molecule has 0 amide bonds. The van der Waals surface area contributed by atoms with E-state index in [9.17, 15) is 4.79 Å².